The van der Waals surface area contributed by atoms with Crippen LogP contribution in [-0.4, -0.2) is 40.6 Å². The lowest BCUT2D eigenvalue weighted by molar-refractivity contribution is -0.120. The van der Waals surface area contributed by atoms with E-state index >= 15 is 0 Å². The third-order valence-corrected chi connectivity index (χ3v) is 6.28. The Balaban J connectivity index is 1.49. The van der Waals surface area contributed by atoms with Crippen LogP contribution in [0.4, 0.5) is 0 Å². The zero-order valence-electron chi connectivity index (χ0n) is 19.8. The third kappa shape index (κ3) is 5.96. The molecule has 178 valence electrons. The smallest absolute Gasteiger partial charge is 0.233 e. The fourth-order valence-corrected chi connectivity index (χ4v) is 4.22. The van der Waals surface area contributed by atoms with Gasteiger partial charge in [-0.05, 0) is 24.6 Å². The molecule has 4 aromatic rings. The first-order valence-corrected chi connectivity index (χ1v) is 12.0. The van der Waals surface area contributed by atoms with Crippen LogP contribution in [0.25, 0.3) is 22.5 Å². The first-order chi connectivity index (χ1) is 17.1. The first-order valence-electron chi connectivity index (χ1n) is 11.1. The lowest BCUT2D eigenvalue weighted by atomic mass is 10.0. The van der Waals surface area contributed by atoms with E-state index in [1.54, 1.807) is 14.2 Å². The van der Waals surface area contributed by atoms with Crippen molar-refractivity contribution in [2.45, 2.75) is 23.9 Å². The molecule has 1 heterocycles. The number of carbonyl (C=O) groups is 1. The second-order valence-electron chi connectivity index (χ2n) is 7.69. The van der Waals surface area contributed by atoms with Crippen molar-refractivity contribution in [3.8, 4) is 34.0 Å². The van der Waals surface area contributed by atoms with E-state index in [0.717, 1.165) is 22.4 Å². The molecule has 1 amide bonds. The maximum atomic E-state index is 12.8. The number of ether oxygens (including phenoxy) is 2. The number of nitrogens with zero attached hydrogens (tertiary/aromatic N) is 3. The second-order valence-corrected chi connectivity index (χ2v) is 9.00. The van der Waals surface area contributed by atoms with Crippen LogP contribution in [0.2, 0.25) is 0 Å². The average molecular weight is 487 g/mol. The highest BCUT2D eigenvalue weighted by molar-refractivity contribution is 8.00. The number of carbonyl (C=O) groups excluding carboxylic acids is 1. The quantitative estimate of drug-likeness (QED) is 0.333. The van der Waals surface area contributed by atoms with E-state index < -0.39 is 5.25 Å². The monoisotopic (exact) mass is 486 g/mol. The topological polar surface area (TPSA) is 86.2 Å². The lowest BCUT2D eigenvalue weighted by Gasteiger charge is -2.14. The van der Waals surface area contributed by atoms with Crippen molar-refractivity contribution in [2.75, 3.05) is 14.2 Å². The summed E-state index contributed by atoms with van der Waals surface area (Å²) in [5.74, 6) is 1.14. The molecule has 7 nitrogen and oxygen atoms in total. The molecule has 0 aliphatic carbocycles. The number of rotatable bonds is 9. The van der Waals surface area contributed by atoms with Crippen molar-refractivity contribution in [1.82, 2.24) is 20.5 Å². The zero-order valence-corrected chi connectivity index (χ0v) is 20.6. The van der Waals surface area contributed by atoms with E-state index in [0.29, 0.717) is 28.9 Å². The predicted octanol–water partition coefficient (Wildman–Crippen LogP) is 5.02. The molecule has 1 aromatic heterocycles. The molecule has 0 spiro atoms. The van der Waals surface area contributed by atoms with Crippen LogP contribution in [0.5, 0.6) is 11.5 Å². The normalized spacial score (nSPS) is 11.5. The molecule has 4 rings (SSSR count). The molecule has 35 heavy (non-hydrogen) atoms. The summed E-state index contributed by atoms with van der Waals surface area (Å²) in [5, 5.41) is 11.8. The van der Waals surface area contributed by atoms with Crippen molar-refractivity contribution in [2.24, 2.45) is 0 Å². The van der Waals surface area contributed by atoms with E-state index in [1.165, 1.54) is 11.8 Å². The van der Waals surface area contributed by atoms with Crippen molar-refractivity contribution in [1.29, 1.82) is 0 Å². The van der Waals surface area contributed by atoms with E-state index in [-0.39, 0.29) is 5.91 Å². The lowest BCUT2D eigenvalue weighted by Crippen LogP contribution is -2.30. The largest absolute Gasteiger partial charge is 0.493 e. The van der Waals surface area contributed by atoms with Gasteiger partial charge in [0.15, 0.2) is 11.5 Å². The van der Waals surface area contributed by atoms with Crippen molar-refractivity contribution < 1.29 is 14.3 Å². The fourth-order valence-electron chi connectivity index (χ4n) is 3.48. The summed E-state index contributed by atoms with van der Waals surface area (Å²) < 4.78 is 10.6. The summed E-state index contributed by atoms with van der Waals surface area (Å²) in [5.41, 5.74) is 4.21. The molecule has 0 aliphatic rings. The summed E-state index contributed by atoms with van der Waals surface area (Å²) >= 11 is 1.27. The molecule has 0 radical (unpaired) electrons. The number of hydrogen-bond acceptors (Lipinski definition) is 7. The van der Waals surface area contributed by atoms with Gasteiger partial charge in [-0.2, -0.15) is 0 Å². The van der Waals surface area contributed by atoms with Crippen molar-refractivity contribution >= 4 is 17.7 Å². The van der Waals surface area contributed by atoms with Gasteiger partial charge in [0.1, 0.15) is 11.4 Å². The van der Waals surface area contributed by atoms with Gasteiger partial charge in [0.05, 0.1) is 19.5 Å². The Hall–Kier alpha value is -3.91. The number of hydrogen-bond donors (Lipinski definition) is 1. The molecule has 1 unspecified atom stereocenters. The summed E-state index contributed by atoms with van der Waals surface area (Å²) in [6, 6.07) is 25.3. The molecule has 1 atom stereocenters. The Kier molecular flexibility index (Phi) is 7.95. The molecule has 1 N–H and O–H groups in total. The van der Waals surface area contributed by atoms with Gasteiger partial charge in [0, 0.05) is 17.7 Å². The molecule has 0 aliphatic heterocycles. The van der Waals surface area contributed by atoms with E-state index in [1.807, 2.05) is 85.8 Å². The van der Waals surface area contributed by atoms with Crippen LogP contribution in [0.3, 0.4) is 0 Å². The summed E-state index contributed by atoms with van der Waals surface area (Å²) in [6.45, 7) is 2.19. The van der Waals surface area contributed by atoms with E-state index in [2.05, 4.69) is 15.5 Å². The van der Waals surface area contributed by atoms with E-state index in [9.17, 15) is 4.79 Å². The van der Waals surface area contributed by atoms with E-state index in [4.69, 9.17) is 14.5 Å². The Morgan fingerprint density at radius 1 is 0.857 bits per heavy atom. The average Bonchev–Trinajstić information content (AvgIpc) is 2.92. The van der Waals surface area contributed by atoms with Crippen LogP contribution in [-0.2, 0) is 11.3 Å². The first kappa shape index (κ1) is 24.2. The van der Waals surface area contributed by atoms with Gasteiger partial charge < -0.3 is 14.8 Å². The van der Waals surface area contributed by atoms with Gasteiger partial charge in [-0.25, -0.2) is 4.98 Å². The third-order valence-electron chi connectivity index (χ3n) is 5.33. The number of amides is 1. The standard InChI is InChI=1S/C27H26N4O3S/c1-18(26(32)28-17-19-14-15-22(33-2)23(16-19)34-3)35-27-29-24(20-10-6-4-7-11-20)25(30-31-27)21-12-8-5-9-13-21/h4-16,18H,17H2,1-3H3,(H,28,32). The second kappa shape index (κ2) is 11.5. The molecule has 8 heteroatoms. The van der Waals surface area contributed by atoms with Gasteiger partial charge in [-0.15, -0.1) is 10.2 Å². The number of methoxy groups -OCH3 is 2. The Bertz CT molecular complexity index is 1290. The van der Waals surface area contributed by atoms with Crippen LogP contribution in [0, 0.1) is 0 Å². The number of nitrogens with one attached hydrogen (secondary N) is 1. The Morgan fingerprint density at radius 2 is 1.49 bits per heavy atom. The Labute approximate surface area is 208 Å². The minimum Gasteiger partial charge on any atom is -0.493 e. The van der Waals surface area contributed by atoms with Crippen LogP contribution >= 0.6 is 11.8 Å². The van der Waals surface area contributed by atoms with Crippen LogP contribution in [0.15, 0.2) is 84.0 Å². The van der Waals surface area contributed by atoms with Gasteiger partial charge in [0.25, 0.3) is 0 Å². The summed E-state index contributed by atoms with van der Waals surface area (Å²) in [6.07, 6.45) is 0. The van der Waals surface area contributed by atoms with Gasteiger partial charge >= 0.3 is 0 Å². The molecular formula is C27H26N4O3S. The molecule has 0 saturated heterocycles. The zero-order chi connectivity index (χ0) is 24.6. The predicted molar refractivity (Wildman–Crippen MR) is 137 cm³/mol. The maximum Gasteiger partial charge on any atom is 0.233 e. The number of thioether (sulfide) groups is 1. The van der Waals surface area contributed by atoms with Crippen LogP contribution in [0.1, 0.15) is 12.5 Å². The molecule has 3 aromatic carbocycles. The van der Waals surface area contributed by atoms with Gasteiger partial charge in [0.2, 0.25) is 11.1 Å². The highest BCUT2D eigenvalue weighted by Crippen LogP contribution is 2.31. The van der Waals surface area contributed by atoms with Gasteiger partial charge in [-0.1, -0.05) is 78.5 Å². The molecule has 0 saturated carbocycles. The minimum absolute atomic E-state index is 0.123. The number of benzene rings is 3. The summed E-state index contributed by atoms with van der Waals surface area (Å²) in [4.78, 5) is 17.6. The van der Waals surface area contributed by atoms with Crippen molar-refractivity contribution in [3.05, 3.63) is 84.4 Å². The number of aromatic nitrogens is 3. The highest BCUT2D eigenvalue weighted by atomic mass is 32.2. The van der Waals surface area contributed by atoms with Gasteiger partial charge in [-0.3, -0.25) is 4.79 Å². The summed E-state index contributed by atoms with van der Waals surface area (Å²) in [7, 11) is 3.17. The molecule has 0 bridgehead atoms. The van der Waals surface area contributed by atoms with Crippen molar-refractivity contribution in [3.63, 3.8) is 0 Å². The SMILES string of the molecule is COc1ccc(CNC(=O)C(C)Sc2nnc(-c3ccccc3)c(-c3ccccc3)n2)cc1OC. The highest BCUT2D eigenvalue weighted by Gasteiger charge is 2.19. The maximum absolute atomic E-state index is 12.8. The Morgan fingerprint density at radius 3 is 2.11 bits per heavy atom. The fraction of sp³-hybridized carbons (Fsp3) is 0.185. The van der Waals surface area contributed by atoms with Crippen LogP contribution < -0.4 is 14.8 Å². The minimum atomic E-state index is -0.414. The molecule has 0 fully saturated rings. The molecular weight excluding hydrogens is 460 g/mol.